The summed E-state index contributed by atoms with van der Waals surface area (Å²) in [6, 6.07) is 9.53. The van der Waals surface area contributed by atoms with Crippen molar-refractivity contribution in [2.45, 2.75) is 40.3 Å². The first-order valence-electron chi connectivity index (χ1n) is 8.20. The lowest BCUT2D eigenvalue weighted by Crippen LogP contribution is -2.45. The molecule has 0 fully saturated rings. The number of aryl methyl sites for hydroxylation is 2. The van der Waals surface area contributed by atoms with E-state index in [9.17, 15) is 9.90 Å². The lowest BCUT2D eigenvalue weighted by atomic mass is 10.0. The Bertz CT molecular complexity index is 686. The van der Waals surface area contributed by atoms with Crippen LogP contribution in [0.15, 0.2) is 36.5 Å². The van der Waals surface area contributed by atoms with Crippen LogP contribution in [0.4, 0.5) is 0 Å². The molecule has 0 aliphatic heterocycles. The number of carbonyl (C=O) groups is 1. The van der Waals surface area contributed by atoms with Gasteiger partial charge in [0.2, 0.25) is 0 Å². The lowest BCUT2D eigenvalue weighted by molar-refractivity contribution is 0.0480. The van der Waals surface area contributed by atoms with Crippen LogP contribution >= 0.6 is 0 Å². The van der Waals surface area contributed by atoms with Crippen LogP contribution in [-0.2, 0) is 6.54 Å². The third-order valence-corrected chi connectivity index (χ3v) is 4.14. The first-order valence-corrected chi connectivity index (χ1v) is 8.20. The molecule has 1 amide bonds. The van der Waals surface area contributed by atoms with Crippen molar-refractivity contribution in [3.8, 4) is 0 Å². The molecule has 0 aliphatic carbocycles. The van der Waals surface area contributed by atoms with Gasteiger partial charge in [-0.2, -0.15) is 0 Å². The highest BCUT2D eigenvalue weighted by Crippen LogP contribution is 2.19. The van der Waals surface area contributed by atoms with Gasteiger partial charge in [0.05, 0.1) is 23.9 Å². The molecule has 128 valence electrons. The lowest BCUT2D eigenvalue weighted by Gasteiger charge is -2.33. The molecule has 0 saturated heterocycles. The van der Waals surface area contributed by atoms with Gasteiger partial charge in [-0.1, -0.05) is 44.2 Å². The minimum atomic E-state index is -0.265. The number of benzene rings is 1. The average molecular weight is 327 g/mol. The molecule has 2 rings (SSSR count). The van der Waals surface area contributed by atoms with E-state index in [1.807, 2.05) is 51.1 Å². The molecule has 5 nitrogen and oxygen atoms in total. The van der Waals surface area contributed by atoms with Crippen molar-refractivity contribution in [1.82, 2.24) is 14.9 Å². The van der Waals surface area contributed by atoms with Crippen molar-refractivity contribution in [3.05, 3.63) is 59.2 Å². The van der Waals surface area contributed by atoms with Gasteiger partial charge < -0.3 is 10.0 Å². The average Bonchev–Trinajstić information content (AvgIpc) is 2.54. The summed E-state index contributed by atoms with van der Waals surface area (Å²) in [4.78, 5) is 23.3. The Morgan fingerprint density at radius 1 is 1.21 bits per heavy atom. The van der Waals surface area contributed by atoms with Crippen LogP contribution in [-0.4, -0.2) is 38.5 Å². The van der Waals surface area contributed by atoms with Crippen molar-refractivity contribution in [1.29, 1.82) is 0 Å². The highest BCUT2D eigenvalue weighted by Gasteiger charge is 2.28. The zero-order chi connectivity index (χ0) is 17.7. The Kier molecular flexibility index (Phi) is 6.04. The molecule has 0 saturated carbocycles. The molecule has 0 bridgehead atoms. The Morgan fingerprint density at radius 2 is 1.88 bits per heavy atom. The number of hydrogen-bond acceptors (Lipinski definition) is 4. The number of aromatic nitrogens is 2. The standard InChI is InChI=1S/C19H25N3O2/c1-13(2)18(12-23)22(11-16-8-6-5-7-9-16)19(24)17-10-20-15(4)21-14(17)3/h5-10,13,18,23H,11-12H2,1-4H3. The van der Waals surface area contributed by atoms with Gasteiger partial charge in [-0.25, -0.2) is 9.97 Å². The zero-order valence-corrected chi connectivity index (χ0v) is 14.7. The first-order chi connectivity index (χ1) is 11.4. The maximum Gasteiger partial charge on any atom is 0.257 e. The van der Waals surface area contributed by atoms with Gasteiger partial charge in [0.25, 0.3) is 5.91 Å². The third kappa shape index (κ3) is 4.17. The quantitative estimate of drug-likeness (QED) is 0.886. The molecular weight excluding hydrogens is 302 g/mol. The van der Waals surface area contributed by atoms with Crippen LogP contribution in [0.2, 0.25) is 0 Å². The summed E-state index contributed by atoms with van der Waals surface area (Å²) < 4.78 is 0. The molecule has 2 aromatic rings. The van der Waals surface area contributed by atoms with Crippen LogP contribution in [0.25, 0.3) is 0 Å². The molecule has 24 heavy (non-hydrogen) atoms. The predicted octanol–water partition coefficient (Wildman–Crippen LogP) is 2.75. The number of aliphatic hydroxyl groups is 1. The van der Waals surface area contributed by atoms with E-state index in [0.29, 0.717) is 23.6 Å². The fourth-order valence-electron chi connectivity index (χ4n) is 2.74. The zero-order valence-electron chi connectivity index (χ0n) is 14.7. The van der Waals surface area contributed by atoms with Crippen LogP contribution < -0.4 is 0 Å². The number of amides is 1. The molecule has 1 N–H and O–H groups in total. The van der Waals surface area contributed by atoms with Gasteiger partial charge in [0.15, 0.2) is 0 Å². The molecule has 1 unspecified atom stereocenters. The minimum absolute atomic E-state index is 0.0813. The van der Waals surface area contributed by atoms with Crippen LogP contribution in [0.1, 0.15) is 41.3 Å². The third-order valence-electron chi connectivity index (χ3n) is 4.14. The molecule has 1 atom stereocenters. The van der Waals surface area contributed by atoms with Crippen molar-refractivity contribution in [2.75, 3.05) is 6.61 Å². The molecule has 5 heteroatoms. The summed E-state index contributed by atoms with van der Waals surface area (Å²) >= 11 is 0. The first kappa shape index (κ1) is 18.1. The molecular formula is C19H25N3O2. The van der Waals surface area contributed by atoms with E-state index in [2.05, 4.69) is 9.97 Å². The number of aliphatic hydroxyl groups excluding tert-OH is 1. The summed E-state index contributed by atoms with van der Waals surface area (Å²) in [7, 11) is 0. The Labute approximate surface area is 143 Å². The normalized spacial score (nSPS) is 12.2. The van der Waals surface area contributed by atoms with Gasteiger partial charge in [-0.3, -0.25) is 4.79 Å². The molecule has 1 aromatic carbocycles. The molecule has 0 aliphatic rings. The highest BCUT2D eigenvalue weighted by molar-refractivity contribution is 5.95. The number of rotatable bonds is 6. The van der Waals surface area contributed by atoms with E-state index < -0.39 is 0 Å². The second-order valence-corrected chi connectivity index (χ2v) is 6.33. The molecule has 1 heterocycles. The molecule has 0 radical (unpaired) electrons. The topological polar surface area (TPSA) is 66.3 Å². The fourth-order valence-corrected chi connectivity index (χ4v) is 2.74. The summed E-state index contributed by atoms with van der Waals surface area (Å²) in [5, 5.41) is 9.83. The predicted molar refractivity (Wildman–Crippen MR) is 93.5 cm³/mol. The molecule has 0 spiro atoms. The number of nitrogens with zero attached hydrogens (tertiary/aromatic N) is 3. The summed E-state index contributed by atoms with van der Waals surface area (Å²) in [6.45, 7) is 7.98. The number of hydrogen-bond donors (Lipinski definition) is 1. The van der Waals surface area contributed by atoms with Crippen molar-refractivity contribution in [3.63, 3.8) is 0 Å². The minimum Gasteiger partial charge on any atom is -0.394 e. The second-order valence-electron chi connectivity index (χ2n) is 6.33. The van der Waals surface area contributed by atoms with Gasteiger partial charge >= 0.3 is 0 Å². The Hall–Kier alpha value is -2.27. The van der Waals surface area contributed by atoms with Crippen LogP contribution in [0.3, 0.4) is 0 Å². The van der Waals surface area contributed by atoms with Crippen molar-refractivity contribution < 1.29 is 9.90 Å². The maximum atomic E-state index is 13.1. The van der Waals surface area contributed by atoms with Crippen LogP contribution in [0.5, 0.6) is 0 Å². The van der Waals surface area contributed by atoms with Gasteiger partial charge in [-0.15, -0.1) is 0 Å². The maximum absolute atomic E-state index is 13.1. The van der Waals surface area contributed by atoms with Crippen LogP contribution in [0, 0.1) is 19.8 Å². The SMILES string of the molecule is Cc1ncc(C(=O)N(Cc2ccccc2)C(CO)C(C)C)c(C)n1. The fraction of sp³-hybridized carbons (Fsp3) is 0.421. The largest absolute Gasteiger partial charge is 0.394 e. The summed E-state index contributed by atoms with van der Waals surface area (Å²) in [5.41, 5.74) is 2.16. The van der Waals surface area contributed by atoms with Crippen molar-refractivity contribution in [2.24, 2.45) is 5.92 Å². The smallest absolute Gasteiger partial charge is 0.257 e. The van der Waals surface area contributed by atoms with Crippen molar-refractivity contribution >= 4 is 5.91 Å². The van der Waals surface area contributed by atoms with Gasteiger partial charge in [0, 0.05) is 12.7 Å². The van der Waals surface area contributed by atoms with E-state index in [1.54, 1.807) is 18.0 Å². The Balaban J connectivity index is 2.38. The van der Waals surface area contributed by atoms with E-state index in [4.69, 9.17) is 0 Å². The Morgan fingerprint density at radius 3 is 2.42 bits per heavy atom. The van der Waals surface area contributed by atoms with E-state index >= 15 is 0 Å². The van der Waals surface area contributed by atoms with E-state index in [1.165, 1.54) is 0 Å². The van der Waals surface area contributed by atoms with Gasteiger partial charge in [0.1, 0.15) is 5.82 Å². The van der Waals surface area contributed by atoms with E-state index in [0.717, 1.165) is 5.56 Å². The monoisotopic (exact) mass is 327 g/mol. The second kappa shape index (κ2) is 8.02. The highest BCUT2D eigenvalue weighted by atomic mass is 16.3. The number of carbonyl (C=O) groups excluding carboxylic acids is 1. The van der Waals surface area contributed by atoms with E-state index in [-0.39, 0.29) is 24.5 Å². The molecule has 1 aromatic heterocycles. The summed E-state index contributed by atoms with van der Waals surface area (Å²) in [5.74, 6) is 0.625. The van der Waals surface area contributed by atoms with Gasteiger partial charge in [-0.05, 0) is 25.3 Å². The summed E-state index contributed by atoms with van der Waals surface area (Å²) in [6.07, 6.45) is 1.58.